The molecule has 0 spiro atoms. The van der Waals surface area contributed by atoms with Crippen LogP contribution < -0.4 is 10.1 Å². The van der Waals surface area contributed by atoms with Gasteiger partial charge in [0, 0.05) is 29.6 Å². The third-order valence-corrected chi connectivity index (χ3v) is 4.08. The molecule has 2 rings (SSSR count). The van der Waals surface area contributed by atoms with E-state index >= 15 is 0 Å². The lowest BCUT2D eigenvalue weighted by molar-refractivity contribution is -0.384. The number of ether oxygens (including phenoxy) is 1. The maximum Gasteiger partial charge on any atom is 0.269 e. The second kappa shape index (κ2) is 8.93. The Labute approximate surface area is 144 Å². The summed E-state index contributed by atoms with van der Waals surface area (Å²) in [5, 5.41) is 13.4. The third kappa shape index (κ3) is 5.58. The number of non-ortho nitro benzene ring substituents is 1. The summed E-state index contributed by atoms with van der Waals surface area (Å²) in [5.74, 6) is 1.53. The average molecular weight is 346 g/mol. The quantitative estimate of drug-likeness (QED) is 0.580. The lowest BCUT2D eigenvalue weighted by atomic mass is 10.2. The Bertz CT molecular complexity index is 704. The van der Waals surface area contributed by atoms with Crippen LogP contribution >= 0.6 is 11.8 Å². The first-order valence-corrected chi connectivity index (χ1v) is 8.57. The van der Waals surface area contributed by atoms with Crippen LogP contribution in [0, 0.1) is 10.1 Å². The van der Waals surface area contributed by atoms with E-state index in [1.165, 1.54) is 23.9 Å². The Morgan fingerprint density at radius 1 is 1.25 bits per heavy atom. The molecule has 7 heteroatoms. The Morgan fingerprint density at radius 2 is 2.00 bits per heavy atom. The van der Waals surface area contributed by atoms with Crippen molar-refractivity contribution in [3.05, 3.63) is 64.2 Å². The van der Waals surface area contributed by atoms with Gasteiger partial charge in [-0.1, -0.05) is 18.2 Å². The summed E-state index contributed by atoms with van der Waals surface area (Å²) in [6.45, 7) is 2.47. The normalized spacial score (nSPS) is 10.2. The largest absolute Gasteiger partial charge is 0.494 e. The zero-order valence-corrected chi connectivity index (χ0v) is 14.0. The topological polar surface area (TPSA) is 81.5 Å². The van der Waals surface area contributed by atoms with Crippen LogP contribution in [-0.2, 0) is 10.5 Å². The van der Waals surface area contributed by atoms with Crippen LogP contribution in [0.4, 0.5) is 11.4 Å². The number of nitrogens with one attached hydrogen (secondary N) is 1. The maximum absolute atomic E-state index is 12.0. The first-order chi connectivity index (χ1) is 11.6. The zero-order chi connectivity index (χ0) is 17.4. The van der Waals surface area contributed by atoms with Gasteiger partial charge in [0.2, 0.25) is 5.91 Å². The van der Waals surface area contributed by atoms with Gasteiger partial charge in [0.15, 0.2) is 0 Å². The summed E-state index contributed by atoms with van der Waals surface area (Å²) in [6.07, 6.45) is 0. The van der Waals surface area contributed by atoms with Crippen molar-refractivity contribution in [3.8, 4) is 5.75 Å². The molecule has 0 aliphatic carbocycles. The van der Waals surface area contributed by atoms with Crippen molar-refractivity contribution in [1.82, 2.24) is 0 Å². The van der Waals surface area contributed by atoms with Gasteiger partial charge in [-0.15, -0.1) is 11.8 Å². The Kier molecular flexibility index (Phi) is 6.62. The number of anilines is 1. The minimum absolute atomic E-state index is 0.0654. The minimum Gasteiger partial charge on any atom is -0.494 e. The van der Waals surface area contributed by atoms with Gasteiger partial charge in [0.05, 0.1) is 17.3 Å². The molecular formula is C17H18N2O4S. The van der Waals surface area contributed by atoms with Crippen LogP contribution in [0.5, 0.6) is 5.75 Å². The monoisotopic (exact) mass is 346 g/mol. The number of carbonyl (C=O) groups excluding carboxylic acids is 1. The fraction of sp³-hybridized carbons (Fsp3) is 0.235. The van der Waals surface area contributed by atoms with E-state index in [1.54, 1.807) is 24.3 Å². The molecule has 0 heterocycles. The standard InChI is InChI=1S/C17H18N2O4S/c1-2-23-16-5-3-4-14(10-16)18-17(20)12-24-11-13-6-8-15(9-7-13)19(21)22/h3-10H,2,11-12H2,1H3,(H,18,20). The number of benzene rings is 2. The molecule has 0 fully saturated rings. The average Bonchev–Trinajstić information content (AvgIpc) is 2.56. The first kappa shape index (κ1) is 17.8. The molecule has 0 unspecified atom stereocenters. The minimum atomic E-state index is -0.430. The number of hydrogen-bond acceptors (Lipinski definition) is 5. The molecule has 126 valence electrons. The first-order valence-electron chi connectivity index (χ1n) is 7.42. The van der Waals surface area contributed by atoms with Crippen LogP contribution in [0.1, 0.15) is 12.5 Å². The highest BCUT2D eigenvalue weighted by Gasteiger charge is 2.06. The van der Waals surface area contributed by atoms with Gasteiger partial charge in [0.25, 0.3) is 5.69 Å². The molecule has 0 aliphatic heterocycles. The van der Waals surface area contributed by atoms with Crippen molar-refractivity contribution in [1.29, 1.82) is 0 Å². The molecule has 0 radical (unpaired) electrons. The predicted molar refractivity (Wildman–Crippen MR) is 95.5 cm³/mol. The SMILES string of the molecule is CCOc1cccc(NC(=O)CSCc2ccc([N+](=O)[O-])cc2)c1. The van der Waals surface area contributed by atoms with Crippen LogP contribution in [0.25, 0.3) is 0 Å². The fourth-order valence-corrected chi connectivity index (χ4v) is 2.79. The van der Waals surface area contributed by atoms with E-state index in [2.05, 4.69) is 5.32 Å². The van der Waals surface area contributed by atoms with Gasteiger partial charge < -0.3 is 10.1 Å². The van der Waals surface area contributed by atoms with Gasteiger partial charge >= 0.3 is 0 Å². The van der Waals surface area contributed by atoms with Crippen molar-refractivity contribution < 1.29 is 14.5 Å². The summed E-state index contributed by atoms with van der Waals surface area (Å²) >= 11 is 1.45. The summed E-state index contributed by atoms with van der Waals surface area (Å²) < 4.78 is 5.39. The molecule has 0 saturated heterocycles. The Morgan fingerprint density at radius 3 is 2.67 bits per heavy atom. The molecule has 2 aromatic rings. The van der Waals surface area contributed by atoms with E-state index in [0.717, 1.165) is 5.56 Å². The van der Waals surface area contributed by atoms with Crippen molar-refractivity contribution >= 4 is 29.0 Å². The molecule has 6 nitrogen and oxygen atoms in total. The molecule has 0 atom stereocenters. The van der Waals surface area contributed by atoms with E-state index < -0.39 is 4.92 Å². The zero-order valence-electron chi connectivity index (χ0n) is 13.2. The summed E-state index contributed by atoms with van der Waals surface area (Å²) in [6, 6.07) is 13.6. The molecule has 0 aliphatic rings. The fourth-order valence-electron chi connectivity index (χ4n) is 2.00. The van der Waals surface area contributed by atoms with E-state index in [-0.39, 0.29) is 11.6 Å². The highest BCUT2D eigenvalue weighted by atomic mass is 32.2. The number of thioether (sulfide) groups is 1. The van der Waals surface area contributed by atoms with E-state index in [0.29, 0.717) is 29.5 Å². The lowest BCUT2D eigenvalue weighted by Crippen LogP contribution is -2.14. The van der Waals surface area contributed by atoms with Gasteiger partial charge in [-0.2, -0.15) is 0 Å². The Balaban J connectivity index is 1.78. The second-order valence-corrected chi connectivity index (χ2v) is 5.91. The molecule has 1 N–H and O–H groups in total. The van der Waals surface area contributed by atoms with Gasteiger partial charge in [-0.05, 0) is 24.6 Å². The maximum atomic E-state index is 12.0. The predicted octanol–water partition coefficient (Wildman–Crippen LogP) is 3.87. The van der Waals surface area contributed by atoms with Crippen molar-refractivity contribution in [2.45, 2.75) is 12.7 Å². The molecule has 2 aromatic carbocycles. The number of nitrogens with zero attached hydrogens (tertiary/aromatic N) is 1. The molecule has 0 bridgehead atoms. The van der Waals surface area contributed by atoms with Crippen LogP contribution in [0.3, 0.4) is 0 Å². The number of nitro benzene ring substituents is 1. The molecule has 0 saturated carbocycles. The third-order valence-electron chi connectivity index (χ3n) is 3.08. The van der Waals surface area contributed by atoms with Crippen LogP contribution in [0.15, 0.2) is 48.5 Å². The number of hydrogen-bond donors (Lipinski definition) is 1. The van der Waals surface area contributed by atoms with Gasteiger partial charge in [-0.3, -0.25) is 14.9 Å². The lowest BCUT2D eigenvalue weighted by Gasteiger charge is -2.08. The number of amides is 1. The smallest absolute Gasteiger partial charge is 0.269 e. The van der Waals surface area contributed by atoms with E-state index in [4.69, 9.17) is 4.74 Å². The number of nitro groups is 1. The molecule has 24 heavy (non-hydrogen) atoms. The molecular weight excluding hydrogens is 328 g/mol. The van der Waals surface area contributed by atoms with Crippen molar-refractivity contribution in [3.63, 3.8) is 0 Å². The van der Waals surface area contributed by atoms with Crippen molar-refractivity contribution in [2.75, 3.05) is 17.7 Å². The molecule has 1 amide bonds. The summed E-state index contributed by atoms with van der Waals surface area (Å²) in [7, 11) is 0. The molecule has 0 aromatic heterocycles. The second-order valence-electron chi connectivity index (χ2n) is 4.93. The van der Waals surface area contributed by atoms with E-state index in [9.17, 15) is 14.9 Å². The van der Waals surface area contributed by atoms with E-state index in [1.807, 2.05) is 19.1 Å². The highest BCUT2D eigenvalue weighted by molar-refractivity contribution is 7.99. The van der Waals surface area contributed by atoms with Gasteiger partial charge in [-0.25, -0.2) is 0 Å². The van der Waals surface area contributed by atoms with Crippen LogP contribution in [0.2, 0.25) is 0 Å². The van der Waals surface area contributed by atoms with Crippen LogP contribution in [-0.4, -0.2) is 23.2 Å². The number of carbonyl (C=O) groups is 1. The number of rotatable bonds is 8. The highest BCUT2D eigenvalue weighted by Crippen LogP contribution is 2.19. The summed E-state index contributed by atoms with van der Waals surface area (Å²) in [5.41, 5.74) is 1.70. The Hall–Kier alpha value is -2.54. The van der Waals surface area contributed by atoms with Gasteiger partial charge in [0.1, 0.15) is 5.75 Å². The van der Waals surface area contributed by atoms with Crippen molar-refractivity contribution in [2.24, 2.45) is 0 Å². The summed E-state index contributed by atoms with van der Waals surface area (Å²) in [4.78, 5) is 22.1.